The molecule has 29 heavy (non-hydrogen) atoms. The largest absolute Gasteiger partial charge is 0.454 e. The van der Waals surface area contributed by atoms with Crippen LogP contribution in [0.25, 0.3) is 6.08 Å². The number of benzene rings is 2. The van der Waals surface area contributed by atoms with E-state index in [2.05, 4.69) is 19.2 Å². The third-order valence-corrected chi connectivity index (χ3v) is 4.65. The van der Waals surface area contributed by atoms with E-state index in [-0.39, 0.29) is 18.6 Å². The van der Waals surface area contributed by atoms with Crippen LogP contribution < -0.4 is 14.8 Å². The van der Waals surface area contributed by atoms with Crippen LogP contribution in [0.15, 0.2) is 42.5 Å². The number of esters is 1. The van der Waals surface area contributed by atoms with Gasteiger partial charge in [-0.15, -0.1) is 0 Å². The maximum atomic E-state index is 12.5. The number of aryl methyl sites for hydroxylation is 1. The van der Waals surface area contributed by atoms with Crippen LogP contribution >= 0.6 is 0 Å². The Hall–Kier alpha value is -3.28. The zero-order chi connectivity index (χ0) is 21.0. The molecule has 1 N–H and O–H groups in total. The molecule has 0 aromatic heterocycles. The number of para-hydroxylation sites is 1. The molecule has 0 bridgehead atoms. The normalized spacial score (nSPS) is 13.6. The van der Waals surface area contributed by atoms with Crippen molar-refractivity contribution in [3.8, 4) is 11.5 Å². The predicted octanol–water partition coefficient (Wildman–Crippen LogP) is 4.43. The molecule has 6 heteroatoms. The second-order valence-electron chi connectivity index (χ2n) is 7.21. The number of ether oxygens (including phenoxy) is 3. The molecular formula is C23H25NO5. The van der Waals surface area contributed by atoms with Gasteiger partial charge in [0.25, 0.3) is 5.91 Å². The van der Waals surface area contributed by atoms with Gasteiger partial charge in [-0.25, -0.2) is 4.79 Å². The second kappa shape index (κ2) is 8.82. The van der Waals surface area contributed by atoms with Gasteiger partial charge in [0, 0.05) is 11.8 Å². The van der Waals surface area contributed by atoms with Gasteiger partial charge in [-0.1, -0.05) is 38.1 Å². The number of carbonyl (C=O) groups excluding carboxylic acids is 2. The van der Waals surface area contributed by atoms with Crippen LogP contribution in [0.4, 0.5) is 5.69 Å². The van der Waals surface area contributed by atoms with Crippen LogP contribution in [0.2, 0.25) is 0 Å². The zero-order valence-corrected chi connectivity index (χ0v) is 17.0. The van der Waals surface area contributed by atoms with Crippen LogP contribution in [0, 0.1) is 6.92 Å². The lowest BCUT2D eigenvalue weighted by Crippen LogP contribution is -2.30. The summed E-state index contributed by atoms with van der Waals surface area (Å²) < 4.78 is 15.8. The molecule has 2 aromatic carbocycles. The van der Waals surface area contributed by atoms with Gasteiger partial charge in [-0.2, -0.15) is 0 Å². The minimum Gasteiger partial charge on any atom is -0.454 e. The van der Waals surface area contributed by atoms with Crippen molar-refractivity contribution in [3.05, 3.63) is 59.2 Å². The average molecular weight is 395 g/mol. The first-order valence-electron chi connectivity index (χ1n) is 9.54. The standard InChI is InChI=1S/C23H25NO5/c1-14(2)18-7-5-6-15(3)22(18)24-23(26)16(4)29-21(25)11-9-17-8-10-19-20(12-17)28-13-27-19/h5-12,14,16H,13H2,1-4H3,(H,24,26)/b11-9+/t16-/m0/s1. The molecule has 3 rings (SSSR count). The van der Waals surface area contributed by atoms with Gasteiger partial charge in [0.1, 0.15) is 0 Å². The quantitative estimate of drug-likeness (QED) is 0.579. The lowest BCUT2D eigenvalue weighted by atomic mass is 9.98. The van der Waals surface area contributed by atoms with Crippen molar-refractivity contribution in [1.29, 1.82) is 0 Å². The Bertz CT molecular complexity index is 948. The Kier molecular flexibility index (Phi) is 6.22. The Morgan fingerprint density at radius 3 is 2.62 bits per heavy atom. The minimum atomic E-state index is -0.927. The van der Waals surface area contributed by atoms with Gasteiger partial charge in [-0.05, 0) is 54.7 Å². The fraction of sp³-hybridized carbons (Fsp3) is 0.304. The number of hydrogen-bond acceptors (Lipinski definition) is 5. The van der Waals surface area contributed by atoms with E-state index >= 15 is 0 Å². The molecule has 2 aromatic rings. The Labute approximate surface area is 170 Å². The van der Waals surface area contributed by atoms with Crippen molar-refractivity contribution >= 4 is 23.6 Å². The lowest BCUT2D eigenvalue weighted by Gasteiger charge is -2.18. The summed E-state index contributed by atoms with van der Waals surface area (Å²) in [5.74, 6) is 0.595. The molecule has 0 saturated heterocycles. The van der Waals surface area contributed by atoms with Gasteiger partial charge in [0.2, 0.25) is 6.79 Å². The Balaban J connectivity index is 1.60. The summed E-state index contributed by atoms with van der Waals surface area (Å²) in [5.41, 5.74) is 3.54. The summed E-state index contributed by atoms with van der Waals surface area (Å²) >= 11 is 0. The third-order valence-electron chi connectivity index (χ3n) is 4.65. The SMILES string of the molecule is Cc1cccc(C(C)C)c1NC(=O)[C@H](C)OC(=O)/C=C/c1ccc2c(c1)OCO2. The highest BCUT2D eigenvalue weighted by molar-refractivity contribution is 5.97. The molecule has 1 aliphatic heterocycles. The number of fused-ring (bicyclic) bond motifs is 1. The van der Waals surface area contributed by atoms with Crippen LogP contribution in [0.3, 0.4) is 0 Å². The Morgan fingerprint density at radius 2 is 1.86 bits per heavy atom. The number of nitrogens with one attached hydrogen (secondary N) is 1. The van der Waals surface area contributed by atoms with Crippen molar-refractivity contribution in [1.82, 2.24) is 0 Å². The number of carbonyl (C=O) groups is 2. The monoisotopic (exact) mass is 395 g/mol. The minimum absolute atomic E-state index is 0.191. The second-order valence-corrected chi connectivity index (χ2v) is 7.21. The van der Waals surface area contributed by atoms with Crippen LogP contribution in [0.1, 0.15) is 43.4 Å². The molecule has 1 heterocycles. The summed E-state index contributed by atoms with van der Waals surface area (Å²) in [6, 6.07) is 11.2. The zero-order valence-electron chi connectivity index (χ0n) is 17.0. The summed E-state index contributed by atoms with van der Waals surface area (Å²) in [6.07, 6.45) is 1.96. The predicted molar refractivity (Wildman–Crippen MR) is 111 cm³/mol. The molecule has 0 radical (unpaired) electrons. The molecule has 6 nitrogen and oxygen atoms in total. The van der Waals surface area contributed by atoms with Gasteiger partial charge in [0.05, 0.1) is 0 Å². The van der Waals surface area contributed by atoms with Crippen molar-refractivity contribution in [2.45, 2.75) is 39.7 Å². The van der Waals surface area contributed by atoms with E-state index < -0.39 is 12.1 Å². The number of hydrogen-bond donors (Lipinski definition) is 1. The summed E-state index contributed by atoms with van der Waals surface area (Å²) in [6.45, 7) is 7.81. The van der Waals surface area contributed by atoms with Crippen molar-refractivity contribution in [2.75, 3.05) is 12.1 Å². The Morgan fingerprint density at radius 1 is 1.10 bits per heavy atom. The van der Waals surface area contributed by atoms with E-state index in [0.717, 1.165) is 22.4 Å². The summed E-state index contributed by atoms with van der Waals surface area (Å²) in [7, 11) is 0. The maximum Gasteiger partial charge on any atom is 0.331 e. The first kappa shape index (κ1) is 20.5. The van der Waals surface area contributed by atoms with Crippen LogP contribution in [-0.2, 0) is 14.3 Å². The molecular weight excluding hydrogens is 370 g/mol. The first-order chi connectivity index (χ1) is 13.8. The highest BCUT2D eigenvalue weighted by atomic mass is 16.7. The van der Waals surface area contributed by atoms with Crippen molar-refractivity contribution < 1.29 is 23.8 Å². The van der Waals surface area contributed by atoms with Crippen molar-refractivity contribution in [3.63, 3.8) is 0 Å². The van der Waals surface area contributed by atoms with Crippen molar-refractivity contribution in [2.24, 2.45) is 0 Å². The van der Waals surface area contributed by atoms with Gasteiger partial charge in [-0.3, -0.25) is 4.79 Å². The van der Waals surface area contributed by atoms with E-state index in [1.54, 1.807) is 31.2 Å². The molecule has 1 amide bonds. The van der Waals surface area contributed by atoms with E-state index in [9.17, 15) is 9.59 Å². The molecule has 0 spiro atoms. The number of amides is 1. The molecule has 0 aliphatic carbocycles. The molecule has 1 atom stereocenters. The highest BCUT2D eigenvalue weighted by Gasteiger charge is 2.19. The summed E-state index contributed by atoms with van der Waals surface area (Å²) in [4.78, 5) is 24.6. The molecule has 152 valence electrons. The highest BCUT2D eigenvalue weighted by Crippen LogP contribution is 2.32. The molecule has 0 saturated carbocycles. The van der Waals surface area contributed by atoms with E-state index in [4.69, 9.17) is 14.2 Å². The van der Waals surface area contributed by atoms with E-state index in [0.29, 0.717) is 11.5 Å². The molecule has 0 unspecified atom stereocenters. The molecule has 1 aliphatic rings. The third kappa shape index (κ3) is 4.96. The molecule has 0 fully saturated rings. The topological polar surface area (TPSA) is 73.9 Å². The van der Waals surface area contributed by atoms with Gasteiger partial charge >= 0.3 is 5.97 Å². The fourth-order valence-corrected chi connectivity index (χ4v) is 3.02. The lowest BCUT2D eigenvalue weighted by molar-refractivity contribution is -0.148. The van der Waals surface area contributed by atoms with Gasteiger partial charge in [0.15, 0.2) is 17.6 Å². The first-order valence-corrected chi connectivity index (χ1v) is 9.54. The average Bonchev–Trinajstić information content (AvgIpc) is 3.15. The number of rotatable bonds is 6. The van der Waals surface area contributed by atoms with E-state index in [1.807, 2.05) is 25.1 Å². The smallest absolute Gasteiger partial charge is 0.331 e. The maximum absolute atomic E-state index is 12.5. The van der Waals surface area contributed by atoms with Gasteiger partial charge < -0.3 is 19.5 Å². The van der Waals surface area contributed by atoms with E-state index in [1.165, 1.54) is 6.08 Å². The summed E-state index contributed by atoms with van der Waals surface area (Å²) in [5, 5.41) is 2.90. The fourth-order valence-electron chi connectivity index (χ4n) is 3.02. The number of anilines is 1. The van der Waals surface area contributed by atoms with Crippen LogP contribution in [0.5, 0.6) is 11.5 Å². The van der Waals surface area contributed by atoms with Crippen LogP contribution in [-0.4, -0.2) is 24.8 Å².